The summed E-state index contributed by atoms with van der Waals surface area (Å²) in [5, 5.41) is 0.777. The number of carbonyl (C=O) groups is 1. The number of amides is 1. The van der Waals surface area contributed by atoms with Gasteiger partial charge in [-0.1, -0.05) is 30.2 Å². The van der Waals surface area contributed by atoms with Gasteiger partial charge in [-0.05, 0) is 30.9 Å². The van der Waals surface area contributed by atoms with Gasteiger partial charge in [0.2, 0.25) is 5.91 Å². The molecule has 0 unspecified atom stereocenters. The van der Waals surface area contributed by atoms with Crippen LogP contribution in [0.25, 0.3) is 0 Å². The van der Waals surface area contributed by atoms with Crippen LogP contribution >= 0.6 is 11.6 Å². The van der Waals surface area contributed by atoms with E-state index < -0.39 is 0 Å². The van der Waals surface area contributed by atoms with Crippen LogP contribution < -0.4 is 10.6 Å². The lowest BCUT2D eigenvalue weighted by atomic mass is 9.99. The summed E-state index contributed by atoms with van der Waals surface area (Å²) in [7, 11) is 0. The third-order valence-electron chi connectivity index (χ3n) is 4.98. The second-order valence-electron chi connectivity index (χ2n) is 6.38. The summed E-state index contributed by atoms with van der Waals surface area (Å²) in [5.74, 6) is 0.648. The molecule has 22 heavy (non-hydrogen) atoms. The highest BCUT2D eigenvalue weighted by molar-refractivity contribution is 6.33. The zero-order valence-corrected chi connectivity index (χ0v) is 13.6. The Kier molecular flexibility index (Phi) is 4.89. The molecule has 1 aromatic carbocycles. The number of hydrogen-bond acceptors (Lipinski definition) is 3. The van der Waals surface area contributed by atoms with E-state index in [2.05, 4.69) is 4.90 Å². The average molecular weight is 322 g/mol. The Bertz CT molecular complexity index is 528. The standard InChI is InChI=1S/C17H24ClN3O/c18-14-5-1-2-7-16(14)20-8-10-21(11-9-20)17(22)12-13-4-3-6-15(13)19/h1-2,5,7,13,15H,3-4,6,8-12,19H2/t13-,15+/m0/s1. The molecule has 1 saturated carbocycles. The molecule has 2 N–H and O–H groups in total. The zero-order valence-electron chi connectivity index (χ0n) is 12.9. The monoisotopic (exact) mass is 321 g/mol. The Morgan fingerprint density at radius 2 is 1.91 bits per heavy atom. The van der Waals surface area contributed by atoms with Gasteiger partial charge >= 0.3 is 0 Å². The van der Waals surface area contributed by atoms with Gasteiger partial charge in [0.05, 0.1) is 10.7 Å². The van der Waals surface area contributed by atoms with Crippen molar-refractivity contribution in [2.75, 3.05) is 31.1 Å². The summed E-state index contributed by atoms with van der Waals surface area (Å²) in [6.45, 7) is 3.22. The molecule has 3 rings (SSSR count). The lowest BCUT2D eigenvalue weighted by Crippen LogP contribution is -2.49. The van der Waals surface area contributed by atoms with Crippen LogP contribution in [0.2, 0.25) is 5.02 Å². The number of rotatable bonds is 3. The van der Waals surface area contributed by atoms with Gasteiger partial charge in [-0.3, -0.25) is 4.79 Å². The summed E-state index contributed by atoms with van der Waals surface area (Å²) in [6.07, 6.45) is 3.96. The first-order valence-corrected chi connectivity index (χ1v) is 8.56. The van der Waals surface area contributed by atoms with E-state index in [0.29, 0.717) is 12.3 Å². The third kappa shape index (κ3) is 3.39. The Labute approximate surface area is 137 Å². The molecule has 2 atom stereocenters. The lowest BCUT2D eigenvalue weighted by Gasteiger charge is -2.37. The van der Waals surface area contributed by atoms with Crippen LogP contribution in [0.5, 0.6) is 0 Å². The number of hydrogen-bond donors (Lipinski definition) is 1. The molecular formula is C17H24ClN3O. The molecule has 0 radical (unpaired) electrons. The Morgan fingerprint density at radius 3 is 2.55 bits per heavy atom. The molecular weight excluding hydrogens is 298 g/mol. The smallest absolute Gasteiger partial charge is 0.223 e. The van der Waals surface area contributed by atoms with Crippen molar-refractivity contribution in [3.63, 3.8) is 0 Å². The molecule has 1 aliphatic heterocycles. The Balaban J connectivity index is 1.53. The van der Waals surface area contributed by atoms with Crippen LogP contribution in [0.15, 0.2) is 24.3 Å². The maximum atomic E-state index is 12.4. The Hall–Kier alpha value is -1.26. The van der Waals surface area contributed by atoms with Crippen molar-refractivity contribution >= 4 is 23.2 Å². The third-order valence-corrected chi connectivity index (χ3v) is 5.30. The minimum atomic E-state index is 0.216. The number of para-hydroxylation sites is 1. The lowest BCUT2D eigenvalue weighted by molar-refractivity contribution is -0.132. The van der Waals surface area contributed by atoms with Crippen LogP contribution in [0.3, 0.4) is 0 Å². The highest BCUT2D eigenvalue weighted by Gasteiger charge is 2.29. The average Bonchev–Trinajstić information content (AvgIpc) is 2.93. The molecule has 120 valence electrons. The van der Waals surface area contributed by atoms with Gasteiger partial charge in [0, 0.05) is 38.6 Å². The van der Waals surface area contributed by atoms with E-state index in [0.717, 1.165) is 49.7 Å². The second-order valence-corrected chi connectivity index (χ2v) is 6.79. The molecule has 1 amide bonds. The molecule has 5 heteroatoms. The van der Waals surface area contributed by atoms with Gasteiger partial charge in [0.1, 0.15) is 0 Å². The quantitative estimate of drug-likeness (QED) is 0.930. The highest BCUT2D eigenvalue weighted by Crippen LogP contribution is 2.29. The van der Waals surface area contributed by atoms with E-state index in [9.17, 15) is 4.79 Å². The SMILES string of the molecule is N[C@@H]1CCC[C@H]1CC(=O)N1CCN(c2ccccc2Cl)CC1. The van der Waals surface area contributed by atoms with Gasteiger partial charge in [0.15, 0.2) is 0 Å². The number of benzene rings is 1. The van der Waals surface area contributed by atoms with Crippen molar-refractivity contribution in [2.24, 2.45) is 11.7 Å². The topological polar surface area (TPSA) is 49.6 Å². The largest absolute Gasteiger partial charge is 0.367 e. The molecule has 0 spiro atoms. The van der Waals surface area contributed by atoms with Crippen molar-refractivity contribution in [2.45, 2.75) is 31.7 Å². The summed E-state index contributed by atoms with van der Waals surface area (Å²) >= 11 is 6.25. The number of carbonyl (C=O) groups excluding carboxylic acids is 1. The van der Waals surface area contributed by atoms with Gasteiger partial charge in [-0.2, -0.15) is 0 Å². The van der Waals surface area contributed by atoms with Gasteiger partial charge in [-0.25, -0.2) is 0 Å². The Morgan fingerprint density at radius 1 is 1.18 bits per heavy atom. The first kappa shape index (κ1) is 15.6. The highest BCUT2D eigenvalue weighted by atomic mass is 35.5. The van der Waals surface area contributed by atoms with Crippen molar-refractivity contribution in [3.05, 3.63) is 29.3 Å². The van der Waals surface area contributed by atoms with E-state index in [4.69, 9.17) is 17.3 Å². The fraction of sp³-hybridized carbons (Fsp3) is 0.588. The number of halogens is 1. The molecule has 0 bridgehead atoms. The molecule has 0 aromatic heterocycles. The molecule has 2 aliphatic rings. The summed E-state index contributed by atoms with van der Waals surface area (Å²) in [6, 6.07) is 8.11. The molecule has 1 saturated heterocycles. The van der Waals surface area contributed by atoms with Crippen LogP contribution in [0, 0.1) is 5.92 Å². The second kappa shape index (κ2) is 6.88. The molecule has 2 fully saturated rings. The minimum absolute atomic E-state index is 0.216. The molecule has 1 aliphatic carbocycles. The van der Waals surface area contributed by atoms with Crippen molar-refractivity contribution in [1.29, 1.82) is 0 Å². The normalized spacial score (nSPS) is 25.5. The van der Waals surface area contributed by atoms with Crippen molar-refractivity contribution < 1.29 is 4.79 Å². The fourth-order valence-electron chi connectivity index (χ4n) is 3.58. The van der Waals surface area contributed by atoms with E-state index in [-0.39, 0.29) is 11.9 Å². The number of nitrogens with zero attached hydrogens (tertiary/aromatic N) is 2. The van der Waals surface area contributed by atoms with Crippen molar-refractivity contribution in [1.82, 2.24) is 4.90 Å². The van der Waals surface area contributed by atoms with Crippen LogP contribution in [-0.2, 0) is 4.79 Å². The molecule has 4 nitrogen and oxygen atoms in total. The van der Waals surface area contributed by atoms with E-state index in [1.807, 2.05) is 29.2 Å². The number of anilines is 1. The van der Waals surface area contributed by atoms with Crippen LogP contribution in [0.4, 0.5) is 5.69 Å². The van der Waals surface area contributed by atoms with E-state index in [1.165, 1.54) is 6.42 Å². The maximum Gasteiger partial charge on any atom is 0.223 e. The van der Waals surface area contributed by atoms with Gasteiger partial charge in [-0.15, -0.1) is 0 Å². The first-order valence-electron chi connectivity index (χ1n) is 8.18. The first-order chi connectivity index (χ1) is 10.6. The predicted octanol–water partition coefficient (Wildman–Crippen LogP) is 2.51. The number of piperazine rings is 1. The van der Waals surface area contributed by atoms with Crippen molar-refractivity contribution in [3.8, 4) is 0 Å². The fourth-order valence-corrected chi connectivity index (χ4v) is 3.83. The maximum absolute atomic E-state index is 12.4. The molecule has 1 aromatic rings. The summed E-state index contributed by atoms with van der Waals surface area (Å²) < 4.78 is 0. The molecule has 1 heterocycles. The van der Waals surface area contributed by atoms with Gasteiger partial charge < -0.3 is 15.5 Å². The van der Waals surface area contributed by atoms with E-state index in [1.54, 1.807) is 0 Å². The number of nitrogens with two attached hydrogens (primary N) is 1. The minimum Gasteiger partial charge on any atom is -0.367 e. The van der Waals surface area contributed by atoms with Gasteiger partial charge in [0.25, 0.3) is 0 Å². The van der Waals surface area contributed by atoms with Crippen LogP contribution in [-0.4, -0.2) is 43.0 Å². The predicted molar refractivity (Wildman–Crippen MR) is 90.2 cm³/mol. The zero-order chi connectivity index (χ0) is 15.5. The van der Waals surface area contributed by atoms with E-state index >= 15 is 0 Å². The summed E-state index contributed by atoms with van der Waals surface area (Å²) in [5.41, 5.74) is 7.14. The van der Waals surface area contributed by atoms with Crippen LogP contribution in [0.1, 0.15) is 25.7 Å². The summed E-state index contributed by atoms with van der Waals surface area (Å²) in [4.78, 5) is 16.7.